The molecular formula is C21H31N3O4S. The average Bonchev–Trinajstić information content (AvgIpc) is 3.27. The summed E-state index contributed by atoms with van der Waals surface area (Å²) in [5.41, 5.74) is 1.25. The number of benzene rings is 1. The van der Waals surface area contributed by atoms with Crippen molar-refractivity contribution in [3.8, 4) is 0 Å². The number of hydrogen-bond donors (Lipinski definition) is 1. The molecule has 1 aromatic rings. The summed E-state index contributed by atoms with van der Waals surface area (Å²) in [4.78, 5) is 15.5. The number of hydrogen-bond acceptors (Lipinski definition) is 5. The van der Waals surface area contributed by atoms with E-state index in [0.717, 1.165) is 50.6 Å². The summed E-state index contributed by atoms with van der Waals surface area (Å²) in [5, 5.41) is 3.13. The molecule has 2 aliphatic heterocycles. The van der Waals surface area contributed by atoms with Gasteiger partial charge in [0.05, 0.1) is 23.7 Å². The molecule has 1 aliphatic carbocycles. The first kappa shape index (κ1) is 20.6. The zero-order chi connectivity index (χ0) is 20.3. The molecule has 7 nitrogen and oxygen atoms in total. The zero-order valence-corrected chi connectivity index (χ0v) is 17.8. The molecule has 8 heteroatoms. The monoisotopic (exact) mass is 421 g/mol. The van der Waals surface area contributed by atoms with Crippen LogP contribution in [0.25, 0.3) is 0 Å². The number of ether oxygens (including phenoxy) is 1. The Balaban J connectivity index is 1.65. The molecule has 0 radical (unpaired) electrons. The van der Waals surface area contributed by atoms with Gasteiger partial charge < -0.3 is 15.0 Å². The Kier molecular flexibility index (Phi) is 6.41. The molecule has 2 heterocycles. The van der Waals surface area contributed by atoms with Gasteiger partial charge in [0, 0.05) is 37.9 Å². The number of sulfonamides is 1. The predicted octanol–water partition coefficient (Wildman–Crippen LogP) is 2.37. The fourth-order valence-corrected chi connectivity index (χ4v) is 6.07. The van der Waals surface area contributed by atoms with E-state index >= 15 is 0 Å². The topological polar surface area (TPSA) is 79.0 Å². The Morgan fingerprint density at radius 1 is 0.966 bits per heavy atom. The third-order valence-electron chi connectivity index (χ3n) is 6.21. The predicted molar refractivity (Wildman–Crippen MR) is 112 cm³/mol. The lowest BCUT2D eigenvalue weighted by Crippen LogP contribution is -2.39. The highest BCUT2D eigenvalue weighted by Crippen LogP contribution is 2.29. The second-order valence-corrected chi connectivity index (χ2v) is 10.1. The summed E-state index contributed by atoms with van der Waals surface area (Å²) in [6, 6.07) is 5.22. The molecule has 3 aliphatic rings. The van der Waals surface area contributed by atoms with Gasteiger partial charge in [0.1, 0.15) is 0 Å². The van der Waals surface area contributed by atoms with Gasteiger partial charge in [-0.1, -0.05) is 19.3 Å². The van der Waals surface area contributed by atoms with Crippen LogP contribution >= 0.6 is 0 Å². The first-order valence-corrected chi connectivity index (χ1v) is 12.3. The van der Waals surface area contributed by atoms with E-state index in [1.54, 1.807) is 22.5 Å². The summed E-state index contributed by atoms with van der Waals surface area (Å²) < 4.78 is 33.3. The van der Waals surface area contributed by atoms with Crippen LogP contribution in [0.5, 0.6) is 0 Å². The molecule has 1 amide bonds. The number of carbonyl (C=O) groups excluding carboxylic acids is 1. The Morgan fingerprint density at radius 3 is 2.34 bits per heavy atom. The molecule has 0 spiro atoms. The lowest BCUT2D eigenvalue weighted by atomic mass is 10.1. The molecule has 1 aromatic carbocycles. The number of nitrogens with zero attached hydrogens (tertiary/aromatic N) is 2. The van der Waals surface area contributed by atoms with E-state index in [4.69, 9.17) is 4.74 Å². The van der Waals surface area contributed by atoms with Crippen LogP contribution in [-0.2, 0) is 14.8 Å². The van der Waals surface area contributed by atoms with Gasteiger partial charge in [-0.3, -0.25) is 4.79 Å². The number of carbonyl (C=O) groups is 1. The van der Waals surface area contributed by atoms with Crippen LogP contribution in [0.15, 0.2) is 23.1 Å². The Hall–Kier alpha value is -1.64. The number of nitrogens with one attached hydrogen (secondary N) is 1. The fourth-order valence-electron chi connectivity index (χ4n) is 4.53. The van der Waals surface area contributed by atoms with E-state index in [9.17, 15) is 13.2 Å². The lowest BCUT2D eigenvalue weighted by Gasteiger charge is -2.31. The molecule has 1 saturated carbocycles. The van der Waals surface area contributed by atoms with Crippen molar-refractivity contribution >= 4 is 21.6 Å². The molecule has 0 atom stereocenters. The SMILES string of the molecule is O=C(NC1CCCC1)c1cc(S(=O)(=O)N2CCCCC2)ccc1N1CCOCC1. The van der Waals surface area contributed by atoms with Crippen LogP contribution in [0, 0.1) is 0 Å². The summed E-state index contributed by atoms with van der Waals surface area (Å²) >= 11 is 0. The van der Waals surface area contributed by atoms with Crippen molar-refractivity contribution in [3.05, 3.63) is 23.8 Å². The van der Waals surface area contributed by atoms with Crippen LogP contribution in [0.3, 0.4) is 0 Å². The van der Waals surface area contributed by atoms with Crippen molar-refractivity contribution in [2.75, 3.05) is 44.3 Å². The van der Waals surface area contributed by atoms with E-state index in [0.29, 0.717) is 45.0 Å². The minimum atomic E-state index is -3.58. The van der Waals surface area contributed by atoms with Crippen LogP contribution in [-0.4, -0.2) is 64.1 Å². The van der Waals surface area contributed by atoms with Crippen molar-refractivity contribution < 1.29 is 17.9 Å². The van der Waals surface area contributed by atoms with Gasteiger partial charge in [-0.05, 0) is 43.9 Å². The molecule has 0 aromatic heterocycles. The Morgan fingerprint density at radius 2 is 1.66 bits per heavy atom. The molecule has 160 valence electrons. The smallest absolute Gasteiger partial charge is 0.253 e. The normalized spacial score (nSPS) is 22.0. The van der Waals surface area contributed by atoms with E-state index in [2.05, 4.69) is 10.2 Å². The number of rotatable bonds is 5. The summed E-state index contributed by atoms with van der Waals surface area (Å²) in [6.45, 7) is 3.72. The highest BCUT2D eigenvalue weighted by Gasteiger charge is 2.29. The van der Waals surface area contributed by atoms with Gasteiger partial charge in [0.25, 0.3) is 5.91 Å². The van der Waals surface area contributed by atoms with E-state index in [1.165, 1.54) is 0 Å². The molecule has 4 rings (SSSR count). The second-order valence-electron chi connectivity index (χ2n) is 8.20. The maximum Gasteiger partial charge on any atom is 0.253 e. The fraction of sp³-hybridized carbons (Fsp3) is 0.667. The molecule has 0 unspecified atom stereocenters. The molecule has 1 N–H and O–H groups in total. The first-order chi connectivity index (χ1) is 14.1. The van der Waals surface area contributed by atoms with Crippen molar-refractivity contribution in [3.63, 3.8) is 0 Å². The quantitative estimate of drug-likeness (QED) is 0.790. The van der Waals surface area contributed by atoms with E-state index in [1.807, 2.05) is 0 Å². The standard InChI is InChI=1S/C21H31N3O4S/c25-21(22-17-6-2-3-7-17)19-16-18(29(26,27)24-10-4-1-5-11-24)8-9-20(19)23-12-14-28-15-13-23/h8-9,16-17H,1-7,10-15H2,(H,22,25). The number of amides is 1. The van der Waals surface area contributed by atoms with Crippen molar-refractivity contribution in [2.45, 2.75) is 55.9 Å². The van der Waals surface area contributed by atoms with Gasteiger partial charge in [0.15, 0.2) is 0 Å². The molecular weight excluding hydrogens is 390 g/mol. The third-order valence-corrected chi connectivity index (χ3v) is 8.10. The minimum Gasteiger partial charge on any atom is -0.378 e. The van der Waals surface area contributed by atoms with Gasteiger partial charge >= 0.3 is 0 Å². The number of morpholine rings is 1. The highest BCUT2D eigenvalue weighted by atomic mass is 32.2. The summed E-state index contributed by atoms with van der Waals surface area (Å²) in [7, 11) is -3.58. The third kappa shape index (κ3) is 4.59. The van der Waals surface area contributed by atoms with Crippen LogP contribution < -0.4 is 10.2 Å². The van der Waals surface area contributed by atoms with E-state index < -0.39 is 10.0 Å². The van der Waals surface area contributed by atoms with Gasteiger partial charge in [-0.15, -0.1) is 0 Å². The minimum absolute atomic E-state index is 0.172. The largest absolute Gasteiger partial charge is 0.378 e. The summed E-state index contributed by atoms with van der Waals surface area (Å²) in [5.74, 6) is -0.172. The average molecular weight is 422 g/mol. The van der Waals surface area contributed by atoms with Gasteiger partial charge in [-0.25, -0.2) is 8.42 Å². The zero-order valence-electron chi connectivity index (χ0n) is 16.9. The van der Waals surface area contributed by atoms with Crippen LogP contribution in [0.4, 0.5) is 5.69 Å². The van der Waals surface area contributed by atoms with E-state index in [-0.39, 0.29) is 16.8 Å². The van der Waals surface area contributed by atoms with Gasteiger partial charge in [0.2, 0.25) is 10.0 Å². The lowest BCUT2D eigenvalue weighted by molar-refractivity contribution is 0.0936. The molecule has 3 fully saturated rings. The maximum atomic E-state index is 13.2. The Bertz CT molecular complexity index is 824. The number of anilines is 1. The molecule has 29 heavy (non-hydrogen) atoms. The number of piperidine rings is 1. The van der Waals surface area contributed by atoms with Crippen molar-refractivity contribution in [1.82, 2.24) is 9.62 Å². The first-order valence-electron chi connectivity index (χ1n) is 10.8. The summed E-state index contributed by atoms with van der Waals surface area (Å²) in [6.07, 6.45) is 7.08. The van der Waals surface area contributed by atoms with Crippen LogP contribution in [0.1, 0.15) is 55.3 Å². The van der Waals surface area contributed by atoms with Crippen molar-refractivity contribution in [2.24, 2.45) is 0 Å². The van der Waals surface area contributed by atoms with Crippen molar-refractivity contribution in [1.29, 1.82) is 0 Å². The molecule has 2 saturated heterocycles. The second kappa shape index (κ2) is 9.02. The highest BCUT2D eigenvalue weighted by molar-refractivity contribution is 7.89. The van der Waals surface area contributed by atoms with Crippen LogP contribution in [0.2, 0.25) is 0 Å². The van der Waals surface area contributed by atoms with Gasteiger partial charge in [-0.2, -0.15) is 4.31 Å². The Labute approximate surface area is 173 Å². The molecule has 0 bridgehead atoms. The maximum absolute atomic E-state index is 13.2.